The third kappa shape index (κ3) is 4.25. The van der Waals surface area contributed by atoms with E-state index in [2.05, 4.69) is 41.5 Å². The van der Waals surface area contributed by atoms with E-state index in [1.54, 1.807) is 23.1 Å². The average Bonchev–Trinajstić information content (AvgIpc) is 2.94. The van der Waals surface area contributed by atoms with E-state index in [-0.39, 0.29) is 5.25 Å². The molecule has 1 aromatic heterocycles. The molecule has 0 spiro atoms. The van der Waals surface area contributed by atoms with Gasteiger partial charge in [0, 0.05) is 16.0 Å². The molecule has 0 aliphatic carbocycles. The van der Waals surface area contributed by atoms with Crippen LogP contribution in [0, 0.1) is 6.92 Å². The van der Waals surface area contributed by atoms with Crippen molar-refractivity contribution < 1.29 is 0 Å². The Bertz CT molecular complexity index is 804. The van der Waals surface area contributed by atoms with Gasteiger partial charge in [-0.15, -0.1) is 10.2 Å². The van der Waals surface area contributed by atoms with Gasteiger partial charge in [-0.05, 0) is 43.2 Å². The number of aromatic nitrogens is 2. The van der Waals surface area contributed by atoms with E-state index >= 15 is 0 Å². The van der Waals surface area contributed by atoms with Gasteiger partial charge in [0.25, 0.3) is 0 Å². The van der Waals surface area contributed by atoms with Crippen LogP contribution in [0.4, 0.5) is 10.8 Å². The number of anilines is 2. The third-order valence-corrected chi connectivity index (χ3v) is 5.70. The predicted octanol–water partition coefficient (Wildman–Crippen LogP) is 6.10. The summed E-state index contributed by atoms with van der Waals surface area (Å²) in [6, 6.07) is 16.1. The van der Waals surface area contributed by atoms with Crippen LogP contribution in [-0.2, 0) is 0 Å². The number of halogens is 1. The molecule has 1 N–H and O–H groups in total. The third-order valence-electron chi connectivity index (χ3n) is 3.30. The van der Waals surface area contributed by atoms with E-state index in [0.29, 0.717) is 0 Å². The smallest absolute Gasteiger partial charge is 0.210 e. The summed E-state index contributed by atoms with van der Waals surface area (Å²) in [5.74, 6) is 0. The molecule has 0 amide bonds. The second-order valence-electron chi connectivity index (χ2n) is 5.15. The molecule has 0 aliphatic rings. The second-order valence-corrected chi connectivity index (χ2v) is 8.12. The molecule has 3 rings (SSSR count). The van der Waals surface area contributed by atoms with Crippen molar-refractivity contribution in [3.63, 3.8) is 0 Å². The Morgan fingerprint density at radius 2 is 1.96 bits per heavy atom. The summed E-state index contributed by atoms with van der Waals surface area (Å²) in [5.41, 5.74) is 3.35. The lowest BCUT2D eigenvalue weighted by Crippen LogP contribution is -1.89. The minimum absolute atomic E-state index is 0.225. The van der Waals surface area contributed by atoms with Gasteiger partial charge in [0.05, 0.1) is 0 Å². The van der Waals surface area contributed by atoms with Crippen molar-refractivity contribution in [2.45, 2.75) is 23.4 Å². The Kier molecular flexibility index (Phi) is 5.20. The maximum atomic E-state index is 6.25. The average molecular weight is 362 g/mol. The maximum absolute atomic E-state index is 6.25. The Balaban J connectivity index is 1.69. The first kappa shape index (κ1) is 16.3. The number of aryl methyl sites for hydroxylation is 1. The van der Waals surface area contributed by atoms with Crippen LogP contribution in [0.15, 0.2) is 52.9 Å². The molecule has 3 aromatic rings. The van der Waals surface area contributed by atoms with Crippen LogP contribution in [0.1, 0.15) is 23.3 Å². The number of hydrogen-bond acceptors (Lipinski definition) is 5. The van der Waals surface area contributed by atoms with Crippen LogP contribution in [0.3, 0.4) is 0 Å². The Morgan fingerprint density at radius 1 is 1.13 bits per heavy atom. The van der Waals surface area contributed by atoms with Crippen LogP contribution in [0.5, 0.6) is 0 Å². The summed E-state index contributed by atoms with van der Waals surface area (Å²) in [7, 11) is 0. The number of benzene rings is 2. The molecule has 0 fully saturated rings. The highest BCUT2D eigenvalue weighted by Crippen LogP contribution is 2.40. The van der Waals surface area contributed by atoms with Crippen LogP contribution in [0.2, 0.25) is 5.02 Å². The lowest BCUT2D eigenvalue weighted by atomic mass is 10.2. The number of hydrogen-bond donors (Lipinski definition) is 1. The van der Waals surface area contributed by atoms with Crippen molar-refractivity contribution in [3.05, 3.63) is 64.7 Å². The number of rotatable bonds is 5. The number of nitrogens with one attached hydrogen (secondary N) is 1. The van der Waals surface area contributed by atoms with Gasteiger partial charge in [-0.1, -0.05) is 65.0 Å². The van der Waals surface area contributed by atoms with E-state index in [1.807, 2.05) is 36.4 Å². The van der Waals surface area contributed by atoms with Crippen LogP contribution in [0.25, 0.3) is 0 Å². The summed E-state index contributed by atoms with van der Waals surface area (Å²) < 4.78 is 0.924. The summed E-state index contributed by atoms with van der Waals surface area (Å²) in [6.45, 7) is 4.19. The molecule has 0 bridgehead atoms. The second kappa shape index (κ2) is 7.34. The molecular weight excluding hydrogens is 346 g/mol. The first-order valence-corrected chi connectivity index (χ1v) is 9.27. The fourth-order valence-electron chi connectivity index (χ4n) is 2.17. The van der Waals surface area contributed by atoms with Gasteiger partial charge >= 0.3 is 0 Å². The lowest BCUT2D eigenvalue weighted by molar-refractivity contribution is 1.00. The summed E-state index contributed by atoms with van der Waals surface area (Å²) >= 11 is 9.47. The zero-order valence-electron chi connectivity index (χ0n) is 12.8. The normalized spacial score (nSPS) is 12.1. The Labute approximate surface area is 149 Å². The first-order valence-electron chi connectivity index (χ1n) is 7.20. The molecule has 0 aliphatic heterocycles. The van der Waals surface area contributed by atoms with Crippen molar-refractivity contribution in [3.8, 4) is 0 Å². The van der Waals surface area contributed by atoms with Crippen molar-refractivity contribution >= 4 is 45.5 Å². The topological polar surface area (TPSA) is 37.8 Å². The van der Waals surface area contributed by atoms with Crippen LogP contribution >= 0.6 is 34.7 Å². The van der Waals surface area contributed by atoms with Crippen LogP contribution < -0.4 is 5.32 Å². The highest BCUT2D eigenvalue weighted by Gasteiger charge is 2.14. The van der Waals surface area contributed by atoms with Crippen molar-refractivity contribution in [1.82, 2.24) is 10.2 Å². The molecular formula is C17H16ClN3S2. The molecule has 118 valence electrons. The van der Waals surface area contributed by atoms with Gasteiger partial charge in [-0.2, -0.15) is 0 Å². The van der Waals surface area contributed by atoms with Crippen LogP contribution in [-0.4, -0.2) is 10.2 Å². The summed E-state index contributed by atoms with van der Waals surface area (Å²) in [4.78, 5) is 0. The standard InChI is InChI=1S/C17H16ClN3S2/c1-11-6-5-7-13(10-11)19-16-20-21-17(23-16)22-12(2)14-8-3-4-9-15(14)18/h3-10,12H,1-2H3,(H,19,20)/t12-/m1/s1. The molecule has 0 saturated heterocycles. The summed E-state index contributed by atoms with van der Waals surface area (Å²) in [6.07, 6.45) is 0. The highest BCUT2D eigenvalue weighted by atomic mass is 35.5. The monoisotopic (exact) mass is 361 g/mol. The number of thioether (sulfide) groups is 1. The molecule has 3 nitrogen and oxygen atoms in total. The van der Waals surface area contributed by atoms with Crippen molar-refractivity contribution in [2.24, 2.45) is 0 Å². The zero-order valence-corrected chi connectivity index (χ0v) is 15.2. The minimum atomic E-state index is 0.225. The molecule has 0 saturated carbocycles. The van der Waals surface area contributed by atoms with Gasteiger partial charge < -0.3 is 5.32 Å². The van der Waals surface area contributed by atoms with Crippen molar-refractivity contribution in [2.75, 3.05) is 5.32 Å². The Hall–Kier alpha value is -1.56. The maximum Gasteiger partial charge on any atom is 0.210 e. The molecule has 1 heterocycles. The first-order chi connectivity index (χ1) is 11.1. The van der Waals surface area contributed by atoms with Gasteiger partial charge in [-0.25, -0.2) is 0 Å². The molecule has 23 heavy (non-hydrogen) atoms. The molecule has 1 atom stereocenters. The van der Waals surface area contributed by atoms with E-state index in [1.165, 1.54) is 5.56 Å². The zero-order chi connectivity index (χ0) is 16.2. The van der Waals surface area contributed by atoms with E-state index in [0.717, 1.165) is 25.7 Å². The predicted molar refractivity (Wildman–Crippen MR) is 100 cm³/mol. The van der Waals surface area contributed by atoms with Gasteiger partial charge in [0.1, 0.15) is 0 Å². The fraction of sp³-hybridized carbons (Fsp3) is 0.176. The summed E-state index contributed by atoms with van der Waals surface area (Å²) in [5, 5.41) is 13.6. The molecule has 2 aromatic carbocycles. The van der Waals surface area contributed by atoms with E-state index in [4.69, 9.17) is 11.6 Å². The molecule has 0 unspecified atom stereocenters. The minimum Gasteiger partial charge on any atom is -0.330 e. The van der Waals surface area contributed by atoms with Crippen molar-refractivity contribution in [1.29, 1.82) is 0 Å². The van der Waals surface area contributed by atoms with Gasteiger partial charge in [-0.3, -0.25) is 0 Å². The van der Waals surface area contributed by atoms with Gasteiger partial charge in [0.15, 0.2) is 4.34 Å². The molecule has 6 heteroatoms. The largest absolute Gasteiger partial charge is 0.330 e. The quantitative estimate of drug-likeness (QED) is 0.557. The van der Waals surface area contributed by atoms with Gasteiger partial charge in [0.2, 0.25) is 5.13 Å². The SMILES string of the molecule is Cc1cccc(Nc2nnc(S[C@H](C)c3ccccc3Cl)s2)c1. The van der Waals surface area contributed by atoms with E-state index in [9.17, 15) is 0 Å². The van der Waals surface area contributed by atoms with E-state index < -0.39 is 0 Å². The highest BCUT2D eigenvalue weighted by molar-refractivity contribution is 8.01. The lowest BCUT2D eigenvalue weighted by Gasteiger charge is -2.10. The molecule has 0 radical (unpaired) electrons. The fourth-order valence-corrected chi connectivity index (χ4v) is 4.62. The number of nitrogens with zero attached hydrogens (tertiary/aromatic N) is 2. The Morgan fingerprint density at radius 3 is 2.74 bits per heavy atom.